The maximum atomic E-state index is 4.30. The normalized spacial score (nSPS) is 11.0. The summed E-state index contributed by atoms with van der Waals surface area (Å²) in [7, 11) is 0. The molecule has 3 heteroatoms. The van der Waals surface area contributed by atoms with Crippen LogP contribution in [0.15, 0.2) is 90.1 Å². The van der Waals surface area contributed by atoms with Gasteiger partial charge < -0.3 is 5.32 Å². The molecule has 2 nitrogen and oxygen atoms in total. The number of rotatable bonds is 5. The second kappa shape index (κ2) is 9.59. The fraction of sp³-hybridized carbons (Fsp3) is 0. The van der Waals surface area contributed by atoms with Gasteiger partial charge in [0.25, 0.3) is 0 Å². The summed E-state index contributed by atoms with van der Waals surface area (Å²) in [6.45, 7) is 0. The largest absolute Gasteiger partial charge is 0.362 e. The third kappa shape index (κ3) is 6.03. The number of aliphatic imine (C=N–C) groups is 1. The van der Waals surface area contributed by atoms with Gasteiger partial charge in [-0.05, 0) is 36.4 Å². The van der Waals surface area contributed by atoms with E-state index in [4.69, 9.17) is 0 Å². The monoisotopic (exact) mass is 284 g/mol. The second-order valence-corrected chi connectivity index (χ2v) is 3.87. The van der Waals surface area contributed by atoms with E-state index in [-0.39, 0.29) is 12.4 Å². The van der Waals surface area contributed by atoms with Gasteiger partial charge in [-0.2, -0.15) is 0 Å². The Morgan fingerprint density at radius 3 is 2.10 bits per heavy atom. The van der Waals surface area contributed by atoms with Gasteiger partial charge in [-0.3, -0.25) is 4.99 Å². The van der Waals surface area contributed by atoms with Gasteiger partial charge in [0.15, 0.2) is 0 Å². The zero-order valence-corrected chi connectivity index (χ0v) is 11.8. The first kappa shape index (κ1) is 15.7. The van der Waals surface area contributed by atoms with Gasteiger partial charge in [0, 0.05) is 18.1 Å². The minimum absolute atomic E-state index is 0. The van der Waals surface area contributed by atoms with Crippen molar-refractivity contribution in [1.29, 1.82) is 0 Å². The van der Waals surface area contributed by atoms with Crippen LogP contribution in [0.2, 0.25) is 0 Å². The Morgan fingerprint density at radius 2 is 1.40 bits per heavy atom. The molecule has 0 unspecified atom stereocenters. The lowest BCUT2D eigenvalue weighted by atomic mass is 10.3. The van der Waals surface area contributed by atoms with Crippen molar-refractivity contribution in [3.8, 4) is 0 Å². The highest BCUT2D eigenvalue weighted by Crippen LogP contribution is 2.08. The van der Waals surface area contributed by atoms with Gasteiger partial charge in [0.05, 0.1) is 5.69 Å². The molecule has 0 amide bonds. The zero-order chi connectivity index (χ0) is 13.2. The van der Waals surface area contributed by atoms with Gasteiger partial charge in [-0.15, -0.1) is 12.4 Å². The lowest BCUT2D eigenvalue weighted by molar-refractivity contribution is 1.54. The molecule has 20 heavy (non-hydrogen) atoms. The highest BCUT2D eigenvalue weighted by atomic mass is 35.5. The molecular formula is C17H17ClN2. The van der Waals surface area contributed by atoms with Crippen LogP contribution in [0.4, 0.5) is 11.4 Å². The van der Waals surface area contributed by atoms with Gasteiger partial charge in [-0.25, -0.2) is 0 Å². The third-order valence-corrected chi connectivity index (χ3v) is 2.41. The van der Waals surface area contributed by atoms with Crippen molar-refractivity contribution in [2.24, 2.45) is 4.99 Å². The first-order valence-electron chi connectivity index (χ1n) is 6.18. The summed E-state index contributed by atoms with van der Waals surface area (Å²) in [6, 6.07) is 19.9. The number of para-hydroxylation sites is 2. The maximum Gasteiger partial charge on any atom is 0.0629 e. The summed E-state index contributed by atoms with van der Waals surface area (Å²) < 4.78 is 0. The fourth-order valence-electron chi connectivity index (χ4n) is 1.49. The van der Waals surface area contributed by atoms with Gasteiger partial charge in [-0.1, -0.05) is 42.5 Å². The van der Waals surface area contributed by atoms with E-state index < -0.39 is 0 Å². The summed E-state index contributed by atoms with van der Waals surface area (Å²) in [4.78, 5) is 4.30. The van der Waals surface area contributed by atoms with Crippen molar-refractivity contribution in [3.05, 3.63) is 85.1 Å². The quantitative estimate of drug-likeness (QED) is 0.607. The van der Waals surface area contributed by atoms with E-state index in [1.165, 1.54) is 0 Å². The van der Waals surface area contributed by atoms with Crippen LogP contribution in [0.1, 0.15) is 0 Å². The molecule has 0 aliphatic rings. The molecule has 2 rings (SSSR count). The Morgan fingerprint density at radius 1 is 0.750 bits per heavy atom. The Labute approximate surface area is 126 Å². The SMILES string of the molecule is C(/C=C/C=C/Nc1ccccc1)=Nc1ccccc1.Cl. The second-order valence-electron chi connectivity index (χ2n) is 3.87. The van der Waals surface area contributed by atoms with Gasteiger partial charge in [0.1, 0.15) is 0 Å². The summed E-state index contributed by atoms with van der Waals surface area (Å²) in [5, 5.41) is 3.18. The minimum Gasteiger partial charge on any atom is -0.362 e. The molecule has 0 heterocycles. The summed E-state index contributed by atoms with van der Waals surface area (Å²) in [6.07, 6.45) is 9.44. The third-order valence-electron chi connectivity index (χ3n) is 2.41. The molecule has 2 aromatic carbocycles. The molecule has 0 saturated carbocycles. The zero-order valence-electron chi connectivity index (χ0n) is 11.0. The molecule has 1 N–H and O–H groups in total. The molecule has 0 fully saturated rings. The average Bonchev–Trinajstić information content (AvgIpc) is 2.48. The smallest absolute Gasteiger partial charge is 0.0629 e. The number of allylic oxidation sites excluding steroid dienone is 3. The molecule has 102 valence electrons. The van der Waals surface area contributed by atoms with E-state index in [1.54, 1.807) is 6.21 Å². The number of anilines is 1. The van der Waals surface area contributed by atoms with Crippen molar-refractivity contribution in [3.63, 3.8) is 0 Å². The van der Waals surface area contributed by atoms with Gasteiger partial charge in [0.2, 0.25) is 0 Å². The Balaban J connectivity index is 0.00000200. The summed E-state index contributed by atoms with van der Waals surface area (Å²) >= 11 is 0. The van der Waals surface area contributed by atoms with Crippen molar-refractivity contribution in [1.82, 2.24) is 0 Å². The molecule has 0 aliphatic heterocycles. The van der Waals surface area contributed by atoms with Crippen molar-refractivity contribution in [2.75, 3.05) is 5.32 Å². The van der Waals surface area contributed by atoms with E-state index in [0.717, 1.165) is 11.4 Å². The Bertz CT molecular complexity index is 560. The van der Waals surface area contributed by atoms with Crippen molar-refractivity contribution < 1.29 is 0 Å². The predicted octanol–water partition coefficient (Wildman–Crippen LogP) is 4.99. The van der Waals surface area contributed by atoms with Crippen LogP contribution < -0.4 is 5.32 Å². The summed E-state index contributed by atoms with van der Waals surface area (Å²) in [5.41, 5.74) is 2.03. The van der Waals surface area contributed by atoms with E-state index in [1.807, 2.05) is 85.1 Å². The number of halogens is 1. The number of nitrogens with zero attached hydrogens (tertiary/aromatic N) is 1. The lowest BCUT2D eigenvalue weighted by Crippen LogP contribution is -1.84. The van der Waals surface area contributed by atoms with Crippen LogP contribution in [-0.4, -0.2) is 6.21 Å². The van der Waals surface area contributed by atoms with Crippen molar-refractivity contribution in [2.45, 2.75) is 0 Å². The number of hydrogen-bond acceptors (Lipinski definition) is 2. The van der Waals surface area contributed by atoms with Crippen LogP contribution in [0, 0.1) is 0 Å². The first-order valence-corrected chi connectivity index (χ1v) is 6.18. The molecule has 0 aliphatic carbocycles. The minimum atomic E-state index is 0. The number of benzene rings is 2. The molecule has 0 bridgehead atoms. The lowest BCUT2D eigenvalue weighted by Gasteiger charge is -1.97. The average molecular weight is 285 g/mol. The van der Waals surface area contributed by atoms with E-state index in [9.17, 15) is 0 Å². The van der Waals surface area contributed by atoms with Crippen LogP contribution in [0.5, 0.6) is 0 Å². The Kier molecular flexibility index (Phi) is 7.55. The highest BCUT2D eigenvalue weighted by Gasteiger charge is 1.82. The van der Waals surface area contributed by atoms with E-state index in [0.29, 0.717) is 0 Å². The molecule has 0 saturated heterocycles. The van der Waals surface area contributed by atoms with E-state index in [2.05, 4.69) is 10.3 Å². The van der Waals surface area contributed by atoms with Crippen LogP contribution in [0.3, 0.4) is 0 Å². The van der Waals surface area contributed by atoms with Crippen LogP contribution in [0.25, 0.3) is 0 Å². The van der Waals surface area contributed by atoms with Crippen LogP contribution in [-0.2, 0) is 0 Å². The molecule has 0 atom stereocenters. The van der Waals surface area contributed by atoms with Gasteiger partial charge >= 0.3 is 0 Å². The topological polar surface area (TPSA) is 24.4 Å². The van der Waals surface area contributed by atoms with E-state index >= 15 is 0 Å². The number of nitrogens with one attached hydrogen (secondary N) is 1. The molecule has 2 aromatic rings. The number of hydrogen-bond donors (Lipinski definition) is 1. The standard InChI is InChI=1S/C17H16N2.ClH/c1-4-10-16(11-5-1)18-14-8-3-9-15-19-17-12-6-2-7-13-17;/h1-15,18H;1H/b9-3+,14-8+,19-15?;. The summed E-state index contributed by atoms with van der Waals surface area (Å²) in [5.74, 6) is 0. The molecule has 0 radical (unpaired) electrons. The van der Waals surface area contributed by atoms with Crippen LogP contribution >= 0.6 is 12.4 Å². The predicted molar refractivity (Wildman–Crippen MR) is 90.2 cm³/mol. The first-order chi connectivity index (χ1) is 9.45. The maximum absolute atomic E-state index is 4.30. The Hall–Kier alpha value is -2.32. The highest BCUT2D eigenvalue weighted by molar-refractivity contribution is 5.85. The van der Waals surface area contributed by atoms with Crippen molar-refractivity contribution >= 4 is 30.0 Å². The molecular weight excluding hydrogens is 268 g/mol. The fourth-order valence-corrected chi connectivity index (χ4v) is 1.49. The molecule has 0 spiro atoms. The molecule has 0 aromatic heterocycles.